The molecule has 12 aromatic carbocycles. The summed E-state index contributed by atoms with van der Waals surface area (Å²) >= 11 is 1.86. The van der Waals surface area contributed by atoms with Gasteiger partial charge in [0.25, 0.3) is 0 Å². The summed E-state index contributed by atoms with van der Waals surface area (Å²) in [5, 5.41) is 12.7. The van der Waals surface area contributed by atoms with Crippen LogP contribution < -0.4 is 4.90 Å². The van der Waals surface area contributed by atoms with Crippen molar-refractivity contribution in [2.75, 3.05) is 4.90 Å². The molecular weight excluding hydrogens is 805 g/mol. The van der Waals surface area contributed by atoms with E-state index < -0.39 is 0 Å². The Labute approximate surface area is 380 Å². The molecule has 2 nitrogen and oxygen atoms in total. The number of hydrogen-bond acceptors (Lipinski definition) is 2. The van der Waals surface area contributed by atoms with Gasteiger partial charge in [-0.05, 0) is 132 Å². The Balaban J connectivity index is 0.938. The third kappa shape index (κ3) is 5.62. The predicted molar refractivity (Wildman–Crippen MR) is 277 cm³/mol. The zero-order valence-electron chi connectivity index (χ0n) is 35.2. The molecular formula is C62H38N2S. The minimum Gasteiger partial charge on any atom is -0.309 e. The van der Waals surface area contributed by atoms with Crippen LogP contribution in [0.25, 0.3) is 104 Å². The van der Waals surface area contributed by atoms with E-state index in [0.29, 0.717) is 0 Å². The van der Waals surface area contributed by atoms with Crippen molar-refractivity contribution < 1.29 is 0 Å². The Morgan fingerprint density at radius 2 is 0.908 bits per heavy atom. The quantitative estimate of drug-likeness (QED) is 0.160. The van der Waals surface area contributed by atoms with Crippen molar-refractivity contribution in [2.45, 2.75) is 9.79 Å². The lowest BCUT2D eigenvalue weighted by Crippen LogP contribution is -2.15. The minimum atomic E-state index is 1.14. The largest absolute Gasteiger partial charge is 0.309 e. The maximum absolute atomic E-state index is 2.49. The zero-order chi connectivity index (χ0) is 42.6. The van der Waals surface area contributed by atoms with Gasteiger partial charge < -0.3 is 9.47 Å². The van der Waals surface area contributed by atoms with Crippen molar-refractivity contribution in [1.29, 1.82) is 0 Å². The van der Waals surface area contributed by atoms with Gasteiger partial charge in [0.2, 0.25) is 0 Å². The molecule has 65 heavy (non-hydrogen) atoms. The second-order valence-corrected chi connectivity index (χ2v) is 18.4. The van der Waals surface area contributed by atoms with Crippen LogP contribution >= 0.6 is 11.8 Å². The third-order valence-corrected chi connectivity index (χ3v) is 14.8. The predicted octanol–water partition coefficient (Wildman–Crippen LogP) is 17.8. The molecule has 0 unspecified atom stereocenters. The lowest BCUT2D eigenvalue weighted by molar-refractivity contribution is 1.17. The van der Waals surface area contributed by atoms with Crippen LogP contribution in [-0.4, -0.2) is 4.57 Å². The molecule has 0 amide bonds. The second kappa shape index (κ2) is 14.2. The number of anilines is 3. The molecule has 13 aromatic rings. The lowest BCUT2D eigenvalue weighted by atomic mass is 9.89. The summed E-state index contributed by atoms with van der Waals surface area (Å²) in [7, 11) is 0. The number of rotatable bonds is 5. The molecule has 0 spiro atoms. The van der Waals surface area contributed by atoms with Crippen LogP contribution in [0.5, 0.6) is 0 Å². The summed E-state index contributed by atoms with van der Waals surface area (Å²) in [6, 6.07) is 85.4. The average Bonchev–Trinajstić information content (AvgIpc) is 3.70. The van der Waals surface area contributed by atoms with Gasteiger partial charge in [0.1, 0.15) is 0 Å². The minimum absolute atomic E-state index is 1.14. The van der Waals surface area contributed by atoms with Crippen LogP contribution in [0.1, 0.15) is 0 Å². The normalized spacial score (nSPS) is 12.5. The Bertz CT molecular complexity index is 4040. The van der Waals surface area contributed by atoms with Crippen LogP contribution in [0, 0.1) is 0 Å². The molecule has 1 aliphatic heterocycles. The smallest absolute Gasteiger partial charge is 0.0608 e. The van der Waals surface area contributed by atoms with Gasteiger partial charge in [0.15, 0.2) is 0 Å². The van der Waals surface area contributed by atoms with Gasteiger partial charge in [-0.3, -0.25) is 0 Å². The van der Waals surface area contributed by atoms with E-state index in [0.717, 1.165) is 5.69 Å². The molecule has 302 valence electrons. The van der Waals surface area contributed by atoms with Crippen molar-refractivity contribution in [2.24, 2.45) is 0 Å². The van der Waals surface area contributed by atoms with E-state index in [4.69, 9.17) is 0 Å². The van der Waals surface area contributed by atoms with Crippen LogP contribution in [0.2, 0.25) is 0 Å². The molecule has 1 aromatic heterocycles. The summed E-state index contributed by atoms with van der Waals surface area (Å²) in [4.78, 5) is 4.97. The number of nitrogens with zero attached hydrogens (tertiary/aromatic N) is 2. The maximum Gasteiger partial charge on any atom is 0.0608 e. The average molecular weight is 843 g/mol. The van der Waals surface area contributed by atoms with Gasteiger partial charge in [-0.15, -0.1) is 0 Å². The van der Waals surface area contributed by atoms with E-state index in [2.05, 4.69) is 240 Å². The Kier molecular flexibility index (Phi) is 7.95. The van der Waals surface area contributed by atoms with E-state index >= 15 is 0 Å². The van der Waals surface area contributed by atoms with Crippen LogP contribution in [-0.2, 0) is 0 Å². The fraction of sp³-hybridized carbons (Fsp3) is 0. The topological polar surface area (TPSA) is 8.17 Å². The first-order valence-electron chi connectivity index (χ1n) is 22.3. The molecule has 0 saturated heterocycles. The van der Waals surface area contributed by atoms with Crippen LogP contribution in [0.4, 0.5) is 17.1 Å². The van der Waals surface area contributed by atoms with Gasteiger partial charge in [0, 0.05) is 31.6 Å². The van der Waals surface area contributed by atoms with Crippen molar-refractivity contribution in [3.8, 4) is 39.1 Å². The van der Waals surface area contributed by atoms with Gasteiger partial charge in [-0.25, -0.2) is 0 Å². The van der Waals surface area contributed by atoms with Gasteiger partial charge in [0.05, 0.1) is 28.1 Å². The van der Waals surface area contributed by atoms with E-state index in [1.54, 1.807) is 0 Å². The summed E-state index contributed by atoms with van der Waals surface area (Å²) in [6.07, 6.45) is 0. The third-order valence-electron chi connectivity index (χ3n) is 13.7. The maximum atomic E-state index is 2.49. The SMILES string of the molecule is c1ccc(-c2cccc(N3c4cc(-c5ccc6c(c5)c5ccccc5n6-c5ccc6ccc7c(-c8ccccc8)ccc8ccc5c6c87)ccc4Sc4cc5ccccc5cc43)c2)cc1. The Hall–Kier alpha value is -8.11. The molecule has 1 aliphatic rings. The molecule has 3 heteroatoms. The number of fused-ring (bicyclic) bond motifs is 6. The Morgan fingerprint density at radius 1 is 0.292 bits per heavy atom. The first-order chi connectivity index (χ1) is 32.2. The standard InChI is InChI=1S/C62H38N2S/c1-3-12-39(13-4-1)43-18-11-19-48(34-43)63-57-37-47(27-33-59(57)65-60-38-45-17-8-7-16-44(45)36-58(60)63)46-26-32-56-53(35-46)50-20-9-10-21-54(50)64(56)55-31-25-42-23-29-51-49(40-14-5-2-6-15-40)28-22-41-24-30-52(55)62(42)61(41)51/h1-38H. The first-order valence-corrected chi connectivity index (χ1v) is 23.1. The van der Waals surface area contributed by atoms with E-state index in [1.807, 2.05) is 11.8 Å². The molecule has 2 heterocycles. The second-order valence-electron chi connectivity index (χ2n) is 17.3. The first kappa shape index (κ1) is 36.4. The van der Waals surface area contributed by atoms with Crippen molar-refractivity contribution >= 4 is 93.7 Å². The molecule has 0 bridgehead atoms. The molecule has 0 atom stereocenters. The highest BCUT2D eigenvalue weighted by atomic mass is 32.2. The van der Waals surface area contributed by atoms with Crippen molar-refractivity contribution in [3.05, 3.63) is 231 Å². The van der Waals surface area contributed by atoms with Gasteiger partial charge in [-0.2, -0.15) is 0 Å². The summed E-state index contributed by atoms with van der Waals surface area (Å²) in [6.45, 7) is 0. The summed E-state index contributed by atoms with van der Waals surface area (Å²) < 4.78 is 2.49. The summed E-state index contributed by atoms with van der Waals surface area (Å²) in [5.74, 6) is 0. The van der Waals surface area contributed by atoms with Gasteiger partial charge in [-0.1, -0.05) is 182 Å². The number of aromatic nitrogens is 1. The van der Waals surface area contributed by atoms with Crippen LogP contribution in [0.15, 0.2) is 240 Å². The highest BCUT2D eigenvalue weighted by Gasteiger charge is 2.27. The number of para-hydroxylation sites is 1. The van der Waals surface area contributed by atoms with Crippen molar-refractivity contribution in [1.82, 2.24) is 4.57 Å². The zero-order valence-corrected chi connectivity index (χ0v) is 36.1. The monoisotopic (exact) mass is 842 g/mol. The molecule has 0 N–H and O–H groups in total. The van der Waals surface area contributed by atoms with E-state index in [1.165, 1.54) is 125 Å². The number of benzene rings is 12. The fourth-order valence-corrected chi connectivity index (χ4v) is 11.7. The van der Waals surface area contributed by atoms with Gasteiger partial charge >= 0.3 is 0 Å². The molecule has 0 fully saturated rings. The lowest BCUT2D eigenvalue weighted by Gasteiger charge is -2.34. The molecule has 0 aliphatic carbocycles. The van der Waals surface area contributed by atoms with Crippen molar-refractivity contribution in [3.63, 3.8) is 0 Å². The van der Waals surface area contributed by atoms with Crippen LogP contribution in [0.3, 0.4) is 0 Å². The Morgan fingerprint density at radius 3 is 1.75 bits per heavy atom. The number of hydrogen-bond donors (Lipinski definition) is 0. The fourth-order valence-electron chi connectivity index (χ4n) is 10.7. The molecule has 14 rings (SSSR count). The molecule has 0 radical (unpaired) electrons. The van der Waals surface area contributed by atoms with E-state index in [9.17, 15) is 0 Å². The summed E-state index contributed by atoms with van der Waals surface area (Å²) in [5.41, 5.74) is 14.4. The highest BCUT2D eigenvalue weighted by molar-refractivity contribution is 7.99. The molecule has 0 saturated carbocycles. The highest BCUT2D eigenvalue weighted by Crippen LogP contribution is 2.54. The van der Waals surface area contributed by atoms with E-state index in [-0.39, 0.29) is 0 Å².